The monoisotopic (exact) mass is 337 g/mol. The van der Waals surface area contributed by atoms with E-state index in [4.69, 9.17) is 0 Å². The molecule has 0 bridgehead atoms. The molecule has 1 amide bonds. The van der Waals surface area contributed by atoms with Crippen molar-refractivity contribution in [3.8, 4) is 5.82 Å². The van der Waals surface area contributed by atoms with Gasteiger partial charge in [0, 0.05) is 32.0 Å². The van der Waals surface area contributed by atoms with Gasteiger partial charge >= 0.3 is 0 Å². The van der Waals surface area contributed by atoms with Crippen molar-refractivity contribution in [3.63, 3.8) is 0 Å². The molecule has 0 aliphatic rings. The number of carbonyl (C=O) groups is 1. The minimum absolute atomic E-state index is 0.315. The summed E-state index contributed by atoms with van der Waals surface area (Å²) in [7, 11) is 3.82. The first kappa shape index (κ1) is 16.6. The van der Waals surface area contributed by atoms with Crippen LogP contribution in [0.1, 0.15) is 21.9 Å². The molecule has 128 valence electrons. The number of aryl methyl sites for hydroxylation is 2. The Morgan fingerprint density at radius 3 is 2.56 bits per heavy atom. The van der Waals surface area contributed by atoms with Gasteiger partial charge in [0.05, 0.1) is 11.4 Å². The molecule has 3 rings (SSSR count). The minimum atomic E-state index is -0.315. The molecule has 0 spiro atoms. The van der Waals surface area contributed by atoms with Crippen molar-refractivity contribution in [2.45, 2.75) is 13.8 Å². The van der Waals surface area contributed by atoms with Crippen LogP contribution in [0.15, 0.2) is 36.5 Å². The summed E-state index contributed by atoms with van der Waals surface area (Å²) < 4.78 is 1.55. The molecule has 3 aromatic heterocycles. The van der Waals surface area contributed by atoms with Gasteiger partial charge in [-0.15, -0.1) is 5.10 Å². The van der Waals surface area contributed by atoms with Gasteiger partial charge < -0.3 is 10.2 Å². The lowest BCUT2D eigenvalue weighted by atomic mass is 10.3. The van der Waals surface area contributed by atoms with Gasteiger partial charge in [0.25, 0.3) is 5.91 Å². The quantitative estimate of drug-likeness (QED) is 0.783. The molecule has 0 aliphatic carbocycles. The lowest BCUT2D eigenvalue weighted by molar-refractivity contribution is 0.102. The van der Waals surface area contributed by atoms with Crippen LogP contribution in [-0.2, 0) is 0 Å². The highest BCUT2D eigenvalue weighted by molar-refractivity contribution is 6.03. The number of amides is 1. The van der Waals surface area contributed by atoms with E-state index in [9.17, 15) is 4.79 Å². The first-order chi connectivity index (χ1) is 11.9. The van der Waals surface area contributed by atoms with Crippen LogP contribution >= 0.6 is 0 Å². The van der Waals surface area contributed by atoms with E-state index in [1.54, 1.807) is 29.1 Å². The van der Waals surface area contributed by atoms with E-state index in [2.05, 4.69) is 25.6 Å². The Hall–Kier alpha value is -3.29. The van der Waals surface area contributed by atoms with Gasteiger partial charge in [-0.3, -0.25) is 9.78 Å². The molecule has 0 aliphatic heterocycles. The number of hydrogen-bond acceptors (Lipinski definition) is 6. The number of rotatable bonds is 4. The second-order valence-corrected chi connectivity index (χ2v) is 5.86. The van der Waals surface area contributed by atoms with Gasteiger partial charge in [-0.05, 0) is 38.1 Å². The van der Waals surface area contributed by atoms with E-state index in [1.807, 2.05) is 45.0 Å². The van der Waals surface area contributed by atoms with Crippen molar-refractivity contribution >= 4 is 17.4 Å². The molecule has 0 unspecified atom stereocenters. The van der Waals surface area contributed by atoms with Gasteiger partial charge in [-0.2, -0.15) is 14.9 Å². The zero-order chi connectivity index (χ0) is 18.0. The fourth-order valence-electron chi connectivity index (χ4n) is 2.27. The largest absolute Gasteiger partial charge is 0.378 e. The van der Waals surface area contributed by atoms with Crippen molar-refractivity contribution in [2.75, 3.05) is 24.3 Å². The van der Waals surface area contributed by atoms with Gasteiger partial charge in [0.2, 0.25) is 0 Å². The first-order valence-electron chi connectivity index (χ1n) is 7.76. The second-order valence-electron chi connectivity index (χ2n) is 5.86. The third kappa shape index (κ3) is 3.63. The average molecular weight is 337 g/mol. The normalized spacial score (nSPS) is 10.6. The Kier molecular flexibility index (Phi) is 4.42. The fraction of sp³-hybridized carbons (Fsp3) is 0.235. The van der Waals surface area contributed by atoms with E-state index in [1.165, 1.54) is 0 Å². The Balaban J connectivity index is 1.89. The molecule has 0 saturated carbocycles. The summed E-state index contributed by atoms with van der Waals surface area (Å²) in [6.45, 7) is 3.70. The number of pyridine rings is 1. The van der Waals surface area contributed by atoms with E-state index in [-0.39, 0.29) is 5.91 Å². The topological polar surface area (TPSA) is 88.8 Å². The van der Waals surface area contributed by atoms with Crippen molar-refractivity contribution in [1.29, 1.82) is 0 Å². The molecule has 0 fully saturated rings. The van der Waals surface area contributed by atoms with Crippen LogP contribution in [0, 0.1) is 13.8 Å². The zero-order valence-electron chi connectivity index (χ0n) is 14.6. The van der Waals surface area contributed by atoms with Gasteiger partial charge in [0.1, 0.15) is 11.5 Å². The van der Waals surface area contributed by atoms with E-state index in [0.717, 1.165) is 17.1 Å². The maximum atomic E-state index is 12.6. The summed E-state index contributed by atoms with van der Waals surface area (Å²) in [6, 6.07) is 8.99. The predicted molar refractivity (Wildman–Crippen MR) is 95.1 cm³/mol. The van der Waals surface area contributed by atoms with Crippen LogP contribution < -0.4 is 10.2 Å². The highest BCUT2D eigenvalue weighted by atomic mass is 16.2. The predicted octanol–water partition coefficient (Wildman–Crippen LogP) is 1.99. The molecule has 0 saturated heterocycles. The van der Waals surface area contributed by atoms with E-state index in [0.29, 0.717) is 17.3 Å². The second kappa shape index (κ2) is 6.68. The van der Waals surface area contributed by atoms with Crippen molar-refractivity contribution in [2.24, 2.45) is 0 Å². The molecule has 3 heterocycles. The average Bonchev–Trinajstić information content (AvgIpc) is 2.96. The highest BCUT2D eigenvalue weighted by Crippen LogP contribution is 2.17. The summed E-state index contributed by atoms with van der Waals surface area (Å²) in [5, 5.41) is 15.4. The fourth-order valence-corrected chi connectivity index (χ4v) is 2.27. The number of aromatic nitrogens is 5. The summed E-state index contributed by atoms with van der Waals surface area (Å²) in [6.07, 6.45) is 1.61. The molecule has 8 nitrogen and oxygen atoms in total. The number of anilines is 2. The zero-order valence-corrected chi connectivity index (χ0v) is 14.6. The van der Waals surface area contributed by atoms with Gasteiger partial charge in [-0.25, -0.2) is 0 Å². The van der Waals surface area contributed by atoms with Crippen molar-refractivity contribution < 1.29 is 4.79 Å². The van der Waals surface area contributed by atoms with Crippen LogP contribution in [0.25, 0.3) is 5.82 Å². The minimum Gasteiger partial charge on any atom is -0.378 e. The van der Waals surface area contributed by atoms with Crippen LogP contribution in [0.2, 0.25) is 0 Å². The lowest BCUT2D eigenvalue weighted by Crippen LogP contribution is -2.18. The van der Waals surface area contributed by atoms with Crippen LogP contribution in [-0.4, -0.2) is 45.0 Å². The third-order valence-electron chi connectivity index (χ3n) is 3.57. The number of carbonyl (C=O) groups excluding carboxylic acids is 1. The molecule has 0 radical (unpaired) electrons. The molecular formula is C17H19N7O. The lowest BCUT2D eigenvalue weighted by Gasteiger charge is -2.13. The summed E-state index contributed by atoms with van der Waals surface area (Å²) in [5.41, 5.74) is 2.79. The van der Waals surface area contributed by atoms with Crippen LogP contribution in [0.3, 0.4) is 0 Å². The van der Waals surface area contributed by atoms with Crippen molar-refractivity contribution in [3.05, 3.63) is 53.6 Å². The summed E-state index contributed by atoms with van der Waals surface area (Å²) >= 11 is 0. The van der Waals surface area contributed by atoms with E-state index < -0.39 is 0 Å². The Morgan fingerprint density at radius 1 is 1.08 bits per heavy atom. The van der Waals surface area contributed by atoms with E-state index >= 15 is 0 Å². The molecule has 0 aromatic carbocycles. The smallest absolute Gasteiger partial charge is 0.275 e. The molecule has 0 atom stereocenters. The number of nitrogens with one attached hydrogen (secondary N) is 1. The van der Waals surface area contributed by atoms with Gasteiger partial charge in [0.15, 0.2) is 5.82 Å². The van der Waals surface area contributed by atoms with Crippen LogP contribution in [0.4, 0.5) is 11.5 Å². The Morgan fingerprint density at radius 2 is 1.88 bits per heavy atom. The first-order valence-corrected chi connectivity index (χ1v) is 7.76. The summed E-state index contributed by atoms with van der Waals surface area (Å²) in [4.78, 5) is 18.6. The standard InChI is InChI=1S/C17H19N7O/c1-11-5-6-15(21-20-11)24-16(9-12(2)22-24)19-17(25)14-10-13(23(3)4)7-8-18-14/h5-10H,1-4H3,(H,19,25). The number of hydrogen-bond donors (Lipinski definition) is 1. The van der Waals surface area contributed by atoms with Gasteiger partial charge in [-0.1, -0.05) is 0 Å². The Bertz CT molecular complexity index is 900. The Labute approximate surface area is 145 Å². The van der Waals surface area contributed by atoms with Crippen molar-refractivity contribution in [1.82, 2.24) is 25.0 Å². The molecule has 3 aromatic rings. The maximum Gasteiger partial charge on any atom is 0.275 e. The SMILES string of the molecule is Cc1ccc(-n2nc(C)cc2NC(=O)c2cc(N(C)C)ccn2)nn1. The maximum absolute atomic E-state index is 12.6. The number of nitrogens with zero attached hydrogens (tertiary/aromatic N) is 6. The molecular weight excluding hydrogens is 318 g/mol. The molecule has 25 heavy (non-hydrogen) atoms. The molecule has 8 heteroatoms. The van der Waals surface area contributed by atoms with Crippen LogP contribution in [0.5, 0.6) is 0 Å². The third-order valence-corrected chi connectivity index (χ3v) is 3.57. The highest BCUT2D eigenvalue weighted by Gasteiger charge is 2.15. The summed E-state index contributed by atoms with van der Waals surface area (Å²) in [5.74, 6) is 0.728. The molecule has 1 N–H and O–H groups in total.